The molecule has 0 heterocycles. The predicted molar refractivity (Wildman–Crippen MR) is 92.4 cm³/mol. The fourth-order valence-electron chi connectivity index (χ4n) is 3.42. The monoisotopic (exact) mass is 347 g/mol. The Hall–Kier alpha value is -2.37. The number of carbonyl (C=O) groups excluding carboxylic acids is 3. The minimum atomic E-state index is -0.773. The van der Waals surface area contributed by atoms with Gasteiger partial charge in [-0.25, -0.2) is 4.79 Å². The molecule has 2 rings (SSSR count). The molecule has 0 saturated heterocycles. The van der Waals surface area contributed by atoms with Crippen LogP contribution in [-0.2, 0) is 20.7 Å². The summed E-state index contributed by atoms with van der Waals surface area (Å²) in [6, 6.07) is 5.85. The quantitative estimate of drug-likeness (QED) is 0.765. The zero-order valence-corrected chi connectivity index (χ0v) is 14.7. The maximum Gasteiger partial charge on any atom is 0.404 e. The van der Waals surface area contributed by atoms with Gasteiger partial charge in [0, 0.05) is 12.0 Å². The van der Waals surface area contributed by atoms with Crippen LogP contribution in [0, 0.1) is 5.92 Å². The van der Waals surface area contributed by atoms with Crippen molar-refractivity contribution in [1.82, 2.24) is 0 Å². The molecule has 1 aromatic carbocycles. The van der Waals surface area contributed by atoms with Gasteiger partial charge in [-0.05, 0) is 42.4 Å². The van der Waals surface area contributed by atoms with E-state index in [0.29, 0.717) is 18.4 Å². The van der Waals surface area contributed by atoms with Crippen molar-refractivity contribution in [2.24, 2.45) is 11.7 Å². The first-order chi connectivity index (χ1) is 12.0. The maximum absolute atomic E-state index is 12.5. The van der Waals surface area contributed by atoms with E-state index >= 15 is 0 Å². The summed E-state index contributed by atoms with van der Waals surface area (Å²) < 4.78 is 9.61. The molecule has 136 valence electrons. The standard InChI is InChI=1S/C19H25NO5/c1-3-4-12(7-8-25-19(20)23)13-5-6-14-9-15(18(22)24-2)11-17(21)16(14)10-13/h5-6,10,12,15H,3-4,7-9,11H2,1-2H3,(H2,20,23). The van der Waals surface area contributed by atoms with Crippen molar-refractivity contribution in [3.05, 3.63) is 34.9 Å². The zero-order valence-electron chi connectivity index (χ0n) is 14.7. The van der Waals surface area contributed by atoms with Crippen LogP contribution in [0.2, 0.25) is 0 Å². The second-order valence-electron chi connectivity index (χ2n) is 6.41. The summed E-state index contributed by atoms with van der Waals surface area (Å²) in [5, 5.41) is 0. The van der Waals surface area contributed by atoms with Crippen molar-refractivity contribution < 1.29 is 23.9 Å². The van der Waals surface area contributed by atoms with E-state index < -0.39 is 12.0 Å². The summed E-state index contributed by atoms with van der Waals surface area (Å²) in [5.41, 5.74) is 7.64. The van der Waals surface area contributed by atoms with Gasteiger partial charge in [-0.3, -0.25) is 9.59 Å². The van der Waals surface area contributed by atoms with Gasteiger partial charge in [-0.2, -0.15) is 0 Å². The Bertz CT molecular complexity index is 655. The van der Waals surface area contributed by atoms with Gasteiger partial charge in [-0.15, -0.1) is 0 Å². The van der Waals surface area contributed by atoms with Gasteiger partial charge in [0.25, 0.3) is 0 Å². The van der Waals surface area contributed by atoms with Crippen LogP contribution in [0.1, 0.15) is 60.0 Å². The molecule has 1 amide bonds. The predicted octanol–water partition coefficient (Wildman–Crippen LogP) is 2.97. The van der Waals surface area contributed by atoms with Crippen LogP contribution < -0.4 is 5.73 Å². The Labute approximate surface area is 147 Å². The van der Waals surface area contributed by atoms with Gasteiger partial charge in [0.1, 0.15) is 0 Å². The van der Waals surface area contributed by atoms with E-state index in [4.69, 9.17) is 15.2 Å². The number of nitrogens with two attached hydrogens (primary N) is 1. The molecule has 2 atom stereocenters. The number of fused-ring (bicyclic) bond motifs is 1. The number of hydrogen-bond donors (Lipinski definition) is 1. The molecule has 0 bridgehead atoms. The lowest BCUT2D eigenvalue weighted by Gasteiger charge is -2.24. The Morgan fingerprint density at radius 1 is 1.28 bits per heavy atom. The Kier molecular flexibility index (Phi) is 6.56. The minimum absolute atomic E-state index is 0.0258. The Balaban J connectivity index is 2.18. The number of ketones is 1. The summed E-state index contributed by atoms with van der Waals surface area (Å²) in [5.74, 6) is -0.565. The van der Waals surface area contributed by atoms with Gasteiger partial charge >= 0.3 is 12.1 Å². The fourth-order valence-corrected chi connectivity index (χ4v) is 3.42. The zero-order chi connectivity index (χ0) is 18.4. The fraction of sp³-hybridized carbons (Fsp3) is 0.526. The van der Waals surface area contributed by atoms with E-state index in [-0.39, 0.29) is 30.7 Å². The number of esters is 1. The number of ether oxygens (including phenoxy) is 2. The molecule has 1 aliphatic carbocycles. The third kappa shape index (κ3) is 4.81. The van der Waals surface area contributed by atoms with Crippen LogP contribution in [0.3, 0.4) is 0 Å². The second kappa shape index (κ2) is 8.65. The highest BCUT2D eigenvalue weighted by Gasteiger charge is 2.31. The molecule has 1 aliphatic rings. The average molecular weight is 347 g/mol. The van der Waals surface area contributed by atoms with E-state index in [9.17, 15) is 14.4 Å². The van der Waals surface area contributed by atoms with Gasteiger partial charge in [0.15, 0.2) is 5.78 Å². The molecule has 0 aliphatic heterocycles. The molecule has 1 aromatic rings. The normalized spacial score (nSPS) is 17.5. The molecular formula is C19H25NO5. The summed E-state index contributed by atoms with van der Waals surface area (Å²) in [6.45, 7) is 2.35. The summed E-state index contributed by atoms with van der Waals surface area (Å²) >= 11 is 0. The second-order valence-corrected chi connectivity index (χ2v) is 6.41. The highest BCUT2D eigenvalue weighted by Crippen LogP contribution is 2.32. The number of hydrogen-bond acceptors (Lipinski definition) is 5. The van der Waals surface area contributed by atoms with Crippen molar-refractivity contribution in [3.8, 4) is 0 Å². The summed E-state index contributed by atoms with van der Waals surface area (Å²) in [4.78, 5) is 34.9. The lowest BCUT2D eigenvalue weighted by Crippen LogP contribution is -2.27. The van der Waals surface area contributed by atoms with E-state index in [1.807, 2.05) is 18.2 Å². The lowest BCUT2D eigenvalue weighted by atomic mass is 9.80. The molecule has 0 fully saturated rings. The van der Waals surface area contributed by atoms with Crippen molar-refractivity contribution in [3.63, 3.8) is 0 Å². The third-order valence-corrected chi connectivity index (χ3v) is 4.69. The molecule has 25 heavy (non-hydrogen) atoms. The smallest absolute Gasteiger partial charge is 0.404 e. The molecule has 6 nitrogen and oxygen atoms in total. The molecule has 6 heteroatoms. The molecule has 2 unspecified atom stereocenters. The van der Waals surface area contributed by atoms with Gasteiger partial charge < -0.3 is 15.2 Å². The molecule has 0 spiro atoms. The number of methoxy groups -OCH3 is 1. The van der Waals surface area contributed by atoms with Crippen LogP contribution in [0.4, 0.5) is 4.79 Å². The van der Waals surface area contributed by atoms with Crippen LogP contribution in [0.25, 0.3) is 0 Å². The van der Waals surface area contributed by atoms with Crippen LogP contribution >= 0.6 is 0 Å². The largest absolute Gasteiger partial charge is 0.469 e. The van der Waals surface area contributed by atoms with Crippen LogP contribution in [0.5, 0.6) is 0 Å². The van der Waals surface area contributed by atoms with E-state index in [1.165, 1.54) is 7.11 Å². The highest BCUT2D eigenvalue weighted by atomic mass is 16.5. The lowest BCUT2D eigenvalue weighted by molar-refractivity contribution is -0.145. The van der Waals surface area contributed by atoms with Gasteiger partial charge in [0.05, 0.1) is 19.6 Å². The maximum atomic E-state index is 12.5. The Morgan fingerprint density at radius 2 is 2.04 bits per heavy atom. The number of primary amides is 1. The highest BCUT2D eigenvalue weighted by molar-refractivity contribution is 6.01. The number of amides is 1. The average Bonchev–Trinajstić information content (AvgIpc) is 2.59. The van der Waals surface area contributed by atoms with Crippen molar-refractivity contribution in [1.29, 1.82) is 0 Å². The topological polar surface area (TPSA) is 95.7 Å². The first kappa shape index (κ1) is 19.0. The summed E-state index contributed by atoms with van der Waals surface area (Å²) in [6.07, 6.45) is 2.51. The van der Waals surface area contributed by atoms with Gasteiger partial charge in [0.2, 0.25) is 0 Å². The first-order valence-corrected chi connectivity index (χ1v) is 8.62. The van der Waals surface area contributed by atoms with Gasteiger partial charge in [-0.1, -0.05) is 25.5 Å². The molecule has 2 N–H and O–H groups in total. The Morgan fingerprint density at radius 3 is 2.68 bits per heavy atom. The van der Waals surface area contributed by atoms with Crippen molar-refractivity contribution >= 4 is 17.8 Å². The number of Topliss-reactive ketones (excluding diaryl/α,β-unsaturated/α-hetero) is 1. The van der Waals surface area contributed by atoms with Crippen LogP contribution in [-0.4, -0.2) is 31.6 Å². The third-order valence-electron chi connectivity index (χ3n) is 4.69. The van der Waals surface area contributed by atoms with Crippen LogP contribution in [0.15, 0.2) is 18.2 Å². The minimum Gasteiger partial charge on any atom is -0.469 e. The van der Waals surface area contributed by atoms with E-state index in [0.717, 1.165) is 24.0 Å². The van der Waals surface area contributed by atoms with E-state index in [1.54, 1.807) is 0 Å². The molecular weight excluding hydrogens is 322 g/mol. The first-order valence-electron chi connectivity index (χ1n) is 8.62. The summed E-state index contributed by atoms with van der Waals surface area (Å²) in [7, 11) is 1.34. The SMILES string of the molecule is CCCC(CCOC(N)=O)c1ccc2c(c1)C(=O)CC(C(=O)OC)C2. The van der Waals surface area contributed by atoms with Crippen molar-refractivity contribution in [2.75, 3.05) is 13.7 Å². The van der Waals surface area contributed by atoms with E-state index in [2.05, 4.69) is 6.92 Å². The number of benzene rings is 1. The molecule has 0 saturated carbocycles. The van der Waals surface area contributed by atoms with Crippen molar-refractivity contribution in [2.45, 2.75) is 44.9 Å². The molecule has 0 aromatic heterocycles. The number of carbonyl (C=O) groups is 3. The number of rotatable bonds is 7. The molecule has 0 radical (unpaired) electrons.